The van der Waals surface area contributed by atoms with Crippen LogP contribution in [0.4, 0.5) is 0 Å². The van der Waals surface area contributed by atoms with Gasteiger partial charge in [-0.25, -0.2) is 0 Å². The molecule has 0 fully saturated rings. The number of hydrogen-bond donors (Lipinski definition) is 2. The molecule has 3 rings (SSSR count). The van der Waals surface area contributed by atoms with Crippen LogP contribution < -0.4 is 5.43 Å². The molecule has 3 aromatic rings. The zero-order chi connectivity index (χ0) is 14.3. The maximum absolute atomic E-state index is 12.4. The number of para-hydroxylation sites is 1. The van der Waals surface area contributed by atoms with Crippen molar-refractivity contribution in [1.82, 2.24) is 4.98 Å². The highest BCUT2D eigenvalue weighted by Crippen LogP contribution is 2.26. The number of aryl methyl sites for hydroxylation is 2. The van der Waals surface area contributed by atoms with Crippen LogP contribution in [0.15, 0.2) is 52.2 Å². The van der Waals surface area contributed by atoms with E-state index in [0.717, 1.165) is 16.8 Å². The van der Waals surface area contributed by atoms with E-state index in [2.05, 4.69) is 43.6 Å². The Morgan fingerprint density at radius 2 is 1.75 bits per heavy atom. The quantitative estimate of drug-likeness (QED) is 0.647. The van der Waals surface area contributed by atoms with Crippen molar-refractivity contribution in [3.05, 3.63) is 63.8 Å². The Morgan fingerprint density at radius 1 is 1.00 bits per heavy atom. The van der Waals surface area contributed by atoms with Crippen LogP contribution in [0.2, 0.25) is 0 Å². The highest BCUT2D eigenvalue weighted by Gasteiger charge is 2.10. The highest BCUT2D eigenvalue weighted by molar-refractivity contribution is 7.80. The summed E-state index contributed by atoms with van der Waals surface area (Å²) >= 11 is 4.41. The van der Waals surface area contributed by atoms with E-state index in [-0.39, 0.29) is 5.43 Å². The number of rotatable bonds is 1. The molecule has 0 aliphatic heterocycles. The lowest BCUT2D eigenvalue weighted by Crippen LogP contribution is -2.07. The predicted octanol–water partition coefficient (Wildman–Crippen LogP) is 4.10. The lowest BCUT2D eigenvalue weighted by molar-refractivity contribution is 1.25. The van der Waals surface area contributed by atoms with Crippen molar-refractivity contribution >= 4 is 23.5 Å². The zero-order valence-corrected chi connectivity index (χ0v) is 12.3. The molecule has 0 spiro atoms. The Hall–Kier alpha value is -2.00. The number of benzene rings is 2. The summed E-state index contributed by atoms with van der Waals surface area (Å²) in [7, 11) is 0. The second-order valence-corrected chi connectivity index (χ2v) is 5.47. The number of H-pyrrole nitrogens is 1. The number of aromatic amines is 1. The average Bonchev–Trinajstić information content (AvgIpc) is 2.46. The normalized spacial score (nSPS) is 10.9. The molecule has 3 heteroatoms. The molecule has 0 amide bonds. The molecule has 0 unspecified atom stereocenters. The summed E-state index contributed by atoms with van der Waals surface area (Å²) in [6.07, 6.45) is 0. The van der Waals surface area contributed by atoms with Gasteiger partial charge in [0.15, 0.2) is 0 Å². The summed E-state index contributed by atoms with van der Waals surface area (Å²) in [6, 6.07) is 13.7. The molecule has 0 radical (unpaired) electrons. The molecule has 0 atom stereocenters. The van der Waals surface area contributed by atoms with Gasteiger partial charge in [0.05, 0.1) is 10.6 Å². The van der Waals surface area contributed by atoms with Crippen LogP contribution in [0.1, 0.15) is 11.1 Å². The van der Waals surface area contributed by atoms with Gasteiger partial charge in [0.1, 0.15) is 0 Å². The fourth-order valence-corrected chi connectivity index (χ4v) is 2.64. The van der Waals surface area contributed by atoms with E-state index in [0.29, 0.717) is 10.3 Å². The summed E-state index contributed by atoms with van der Waals surface area (Å²) in [5.74, 6) is 0. The Balaban J connectivity index is 2.33. The van der Waals surface area contributed by atoms with Crippen LogP contribution in [-0.2, 0) is 0 Å². The van der Waals surface area contributed by atoms with E-state index in [9.17, 15) is 4.79 Å². The first-order valence-electron chi connectivity index (χ1n) is 6.49. The van der Waals surface area contributed by atoms with E-state index >= 15 is 0 Å². The summed E-state index contributed by atoms with van der Waals surface area (Å²) in [6.45, 7) is 4.14. The van der Waals surface area contributed by atoms with Gasteiger partial charge in [-0.3, -0.25) is 4.79 Å². The van der Waals surface area contributed by atoms with Crippen molar-refractivity contribution in [2.75, 3.05) is 0 Å². The summed E-state index contributed by atoms with van der Waals surface area (Å²) in [5.41, 5.74) is 5.00. The standard InChI is InChI=1S/C17H15NOS/c1-10-7-8-12(9-11(10)2)15-17(20)16(19)13-5-3-4-6-14(13)18-15/h3-9,20H,1-2H3,(H,18,19). The first-order valence-corrected chi connectivity index (χ1v) is 6.94. The second kappa shape index (κ2) is 4.84. The van der Waals surface area contributed by atoms with Crippen LogP contribution in [0, 0.1) is 13.8 Å². The molecule has 1 aromatic heterocycles. The zero-order valence-electron chi connectivity index (χ0n) is 11.4. The van der Waals surface area contributed by atoms with Gasteiger partial charge in [-0.15, -0.1) is 12.6 Å². The van der Waals surface area contributed by atoms with Crippen molar-refractivity contribution in [2.24, 2.45) is 0 Å². The predicted molar refractivity (Wildman–Crippen MR) is 86.7 cm³/mol. The molecule has 2 nitrogen and oxygen atoms in total. The molecule has 0 aliphatic carbocycles. The number of nitrogens with one attached hydrogen (secondary N) is 1. The molecule has 2 aromatic carbocycles. The molecule has 0 saturated carbocycles. The van der Waals surface area contributed by atoms with E-state index in [1.54, 1.807) is 0 Å². The molecule has 1 heterocycles. The highest BCUT2D eigenvalue weighted by atomic mass is 32.1. The monoisotopic (exact) mass is 281 g/mol. The summed E-state index contributed by atoms with van der Waals surface area (Å²) in [5, 5.41) is 0.671. The third kappa shape index (κ3) is 2.04. The largest absolute Gasteiger partial charge is 0.353 e. The Labute approximate surface area is 122 Å². The minimum absolute atomic E-state index is 0.0316. The third-order valence-electron chi connectivity index (χ3n) is 3.68. The van der Waals surface area contributed by atoms with Gasteiger partial charge in [-0.05, 0) is 48.7 Å². The molecule has 1 N–H and O–H groups in total. The average molecular weight is 281 g/mol. The molecule has 0 saturated heterocycles. The van der Waals surface area contributed by atoms with Crippen LogP contribution in [0.25, 0.3) is 22.2 Å². The van der Waals surface area contributed by atoms with Crippen molar-refractivity contribution in [3.63, 3.8) is 0 Å². The smallest absolute Gasteiger partial charge is 0.203 e. The topological polar surface area (TPSA) is 32.9 Å². The second-order valence-electron chi connectivity index (χ2n) is 5.02. The van der Waals surface area contributed by atoms with Crippen molar-refractivity contribution in [1.29, 1.82) is 0 Å². The van der Waals surface area contributed by atoms with Crippen molar-refractivity contribution < 1.29 is 0 Å². The summed E-state index contributed by atoms with van der Waals surface area (Å²) < 4.78 is 0. The van der Waals surface area contributed by atoms with E-state index in [4.69, 9.17) is 0 Å². The van der Waals surface area contributed by atoms with Crippen molar-refractivity contribution in [2.45, 2.75) is 18.7 Å². The van der Waals surface area contributed by atoms with Crippen LogP contribution in [0.5, 0.6) is 0 Å². The minimum atomic E-state index is -0.0316. The maximum Gasteiger partial charge on any atom is 0.203 e. The molecule has 100 valence electrons. The molecular formula is C17H15NOS. The molecule has 0 aliphatic rings. The van der Waals surface area contributed by atoms with Crippen LogP contribution in [-0.4, -0.2) is 4.98 Å². The fourth-order valence-electron chi connectivity index (χ4n) is 2.33. The number of aromatic nitrogens is 1. The minimum Gasteiger partial charge on any atom is -0.353 e. The Morgan fingerprint density at radius 3 is 2.50 bits per heavy atom. The first-order chi connectivity index (χ1) is 9.58. The molecule has 0 bridgehead atoms. The number of pyridine rings is 1. The Bertz CT molecular complexity index is 864. The van der Waals surface area contributed by atoms with Gasteiger partial charge in [-0.1, -0.05) is 24.3 Å². The van der Waals surface area contributed by atoms with E-state index < -0.39 is 0 Å². The number of hydrogen-bond acceptors (Lipinski definition) is 2. The van der Waals surface area contributed by atoms with Crippen molar-refractivity contribution in [3.8, 4) is 11.3 Å². The fraction of sp³-hybridized carbons (Fsp3) is 0.118. The van der Waals surface area contributed by atoms with Crippen LogP contribution in [0.3, 0.4) is 0 Å². The maximum atomic E-state index is 12.4. The van der Waals surface area contributed by atoms with Gasteiger partial charge in [-0.2, -0.15) is 0 Å². The van der Waals surface area contributed by atoms with Gasteiger partial charge in [0, 0.05) is 10.9 Å². The summed E-state index contributed by atoms with van der Waals surface area (Å²) in [4.78, 5) is 16.2. The van der Waals surface area contributed by atoms with Gasteiger partial charge in [0.2, 0.25) is 5.43 Å². The SMILES string of the molecule is Cc1ccc(-c2[nH]c3ccccc3c(=O)c2S)cc1C. The number of thiol groups is 1. The van der Waals surface area contributed by atoms with Gasteiger partial charge in [0.25, 0.3) is 0 Å². The first kappa shape index (κ1) is 13.0. The molecular weight excluding hydrogens is 266 g/mol. The lowest BCUT2D eigenvalue weighted by atomic mass is 10.0. The van der Waals surface area contributed by atoms with Gasteiger partial charge < -0.3 is 4.98 Å². The lowest BCUT2D eigenvalue weighted by Gasteiger charge is -2.10. The van der Waals surface area contributed by atoms with Gasteiger partial charge >= 0.3 is 0 Å². The van der Waals surface area contributed by atoms with E-state index in [1.165, 1.54) is 11.1 Å². The third-order valence-corrected chi connectivity index (χ3v) is 4.11. The number of fused-ring (bicyclic) bond motifs is 1. The Kier molecular flexibility index (Phi) is 3.14. The van der Waals surface area contributed by atoms with E-state index in [1.807, 2.05) is 30.3 Å². The molecule has 20 heavy (non-hydrogen) atoms. The van der Waals surface area contributed by atoms with Crippen LogP contribution >= 0.6 is 12.6 Å².